The summed E-state index contributed by atoms with van der Waals surface area (Å²) in [5.41, 5.74) is 5.26. The van der Waals surface area contributed by atoms with E-state index in [2.05, 4.69) is 166 Å². The van der Waals surface area contributed by atoms with Crippen molar-refractivity contribution in [2.75, 3.05) is 0 Å². The zero-order valence-corrected chi connectivity index (χ0v) is 74.9. The fourth-order valence-corrected chi connectivity index (χ4v) is 30.6. The van der Waals surface area contributed by atoms with Crippen LogP contribution in [0, 0.1) is 191 Å². The highest BCUT2D eigenvalue weighted by molar-refractivity contribution is 5.06. The van der Waals surface area contributed by atoms with Gasteiger partial charge in [0.25, 0.3) is 0 Å². The molecule has 0 heterocycles. The van der Waals surface area contributed by atoms with E-state index >= 15 is 0 Å². The molecule has 0 aromatic rings. The molecule has 0 heteroatoms. The lowest BCUT2D eigenvalue weighted by Gasteiger charge is -2.62. The molecule has 0 aromatic carbocycles. The topological polar surface area (TPSA) is 0 Å². The van der Waals surface area contributed by atoms with Gasteiger partial charge in [0.1, 0.15) is 0 Å². The first kappa shape index (κ1) is 85.4. The summed E-state index contributed by atoms with van der Waals surface area (Å²) in [6.45, 7) is 58.6. The molecule has 20 fully saturated rings. The summed E-state index contributed by atoms with van der Waals surface area (Å²) in [7, 11) is 0. The number of hydrogen-bond acceptors (Lipinski definition) is 0. The van der Waals surface area contributed by atoms with Crippen LogP contribution in [0.4, 0.5) is 0 Å². The van der Waals surface area contributed by atoms with E-state index in [4.69, 9.17) is 0 Å². The molecule has 0 amide bonds. The van der Waals surface area contributed by atoms with Crippen LogP contribution < -0.4 is 0 Å². The summed E-state index contributed by atoms with van der Waals surface area (Å²) in [5.74, 6) is 25.7. The highest BCUT2D eigenvalue weighted by Crippen LogP contribution is 2.66. The van der Waals surface area contributed by atoms with Crippen molar-refractivity contribution in [3.63, 3.8) is 0 Å². The predicted molar refractivity (Wildman–Crippen MR) is 454 cm³/mol. The lowest BCUT2D eigenvalue weighted by molar-refractivity contribution is -0.113. The molecule has 0 saturated heterocycles. The van der Waals surface area contributed by atoms with E-state index in [-0.39, 0.29) is 0 Å². The van der Waals surface area contributed by atoms with Crippen molar-refractivity contribution in [3.05, 3.63) is 0 Å². The van der Waals surface area contributed by atoms with Crippen molar-refractivity contribution < 1.29 is 0 Å². The molecular weight excluding hydrogens is 1240 g/mol. The van der Waals surface area contributed by atoms with Gasteiger partial charge >= 0.3 is 0 Å². The Balaban J connectivity index is 0.000000127. The minimum atomic E-state index is 0.552. The van der Waals surface area contributed by atoms with Crippen molar-refractivity contribution >= 4 is 0 Å². The van der Waals surface area contributed by atoms with E-state index in [0.29, 0.717) is 43.3 Å². The van der Waals surface area contributed by atoms with Crippen LogP contribution in [0.2, 0.25) is 0 Å². The molecule has 12 unspecified atom stereocenters. The molecule has 0 spiro atoms. The first-order valence-electron chi connectivity index (χ1n) is 48.0. The summed E-state index contributed by atoms with van der Waals surface area (Å²) in [5, 5.41) is 0. The van der Waals surface area contributed by atoms with E-state index in [9.17, 15) is 0 Å². The molecule has 103 heavy (non-hydrogen) atoms. The van der Waals surface area contributed by atoms with Crippen LogP contribution in [-0.4, -0.2) is 0 Å². The molecule has 20 rings (SSSR count). The van der Waals surface area contributed by atoms with Crippen LogP contribution in [0.1, 0.15) is 462 Å². The molecule has 18 bridgehead atoms. The third-order valence-electron chi connectivity index (χ3n) is 35.9. The standard InChI is InChI=1S/C14H24.2C14H26.2C13H24.2C12H22.C11H20/c1-13(2,3)14-7-10-4-11(8-14)6-12(5-10)9-14;1-14(2,3)13-10-8-11-5-4-6-12(13)9-7-11;1-14(2,3)13-9-11-6-4-5-7-12(8-11)10-13;1-13(2,3)12-9-6-10-4-7-11(12)8-5-10;1-13(2,3)12-10-6-4-7-11(12)9-5-8-10;1-12(2,3)11-7-5-9-4-6-10(11)8-9;1-12(2,3)11-8-9-4-6-10(11)7-5-9;1-11(2,3)10-7-8-4-5-9(10)6-8/h10-12H,4-9H2,1-3H3;2*11-13H,4-10H2,1-3H3;2*10-12H,4-9H2,1-3H3;2*9-11H,4-8H2,1-3H3;8-10H,4-7H2,1-3H3/t;;11-,12+,13?;;;;;. The zero-order chi connectivity index (χ0) is 74.9. The van der Waals surface area contributed by atoms with E-state index in [1.54, 1.807) is 57.8 Å². The molecule has 0 aromatic heterocycles. The Labute approximate surface area is 648 Å². The summed E-state index contributed by atoms with van der Waals surface area (Å²) < 4.78 is 0. The van der Waals surface area contributed by atoms with Gasteiger partial charge in [-0.3, -0.25) is 0 Å². The molecule has 20 saturated carbocycles. The average Bonchev–Trinajstić information content (AvgIpc) is 1.70. The van der Waals surface area contributed by atoms with Crippen LogP contribution in [0.15, 0.2) is 0 Å². The molecular formula is C103H188. The fraction of sp³-hybridized carbons (Fsp3) is 1.00. The monoisotopic (exact) mass is 1430 g/mol. The summed E-state index contributed by atoms with van der Waals surface area (Å²) in [6.07, 6.45) is 70.6. The highest BCUT2D eigenvalue weighted by Gasteiger charge is 2.56. The van der Waals surface area contributed by atoms with Gasteiger partial charge in [-0.25, -0.2) is 0 Å². The van der Waals surface area contributed by atoms with Crippen molar-refractivity contribution in [1.29, 1.82) is 0 Å². The number of rotatable bonds is 0. The Hall–Kier alpha value is 0. The second-order valence-electron chi connectivity index (χ2n) is 51.1. The lowest BCUT2D eigenvalue weighted by atomic mass is 9.43. The minimum Gasteiger partial charge on any atom is -0.0599 e. The largest absolute Gasteiger partial charge is 0.0599 e. The normalized spacial score (nSPS) is 42.2. The van der Waals surface area contributed by atoms with Gasteiger partial charge in [0.15, 0.2) is 0 Å². The Morgan fingerprint density at radius 3 is 0.806 bits per heavy atom. The molecule has 0 aliphatic heterocycles. The molecule has 600 valence electrons. The second-order valence-corrected chi connectivity index (χ2v) is 51.1. The minimum absolute atomic E-state index is 0.552. The second kappa shape index (κ2) is 35.2. The Bertz CT molecular complexity index is 2370. The Morgan fingerprint density at radius 1 is 0.175 bits per heavy atom. The van der Waals surface area contributed by atoms with Crippen molar-refractivity contribution in [1.82, 2.24) is 0 Å². The van der Waals surface area contributed by atoms with Crippen LogP contribution in [0.5, 0.6) is 0 Å². The third-order valence-corrected chi connectivity index (χ3v) is 35.9. The van der Waals surface area contributed by atoms with E-state index in [0.717, 1.165) is 147 Å². The van der Waals surface area contributed by atoms with Gasteiger partial charge in [-0.2, -0.15) is 0 Å². The van der Waals surface area contributed by atoms with Crippen LogP contribution in [-0.2, 0) is 0 Å². The van der Waals surface area contributed by atoms with Gasteiger partial charge in [0.05, 0.1) is 0 Å². The first-order valence-corrected chi connectivity index (χ1v) is 48.0. The highest BCUT2D eigenvalue weighted by atomic mass is 14.6. The van der Waals surface area contributed by atoms with Crippen molar-refractivity contribution in [3.8, 4) is 0 Å². The predicted octanol–water partition coefficient (Wildman–Crippen LogP) is 33.2. The molecule has 20 aliphatic rings. The maximum absolute atomic E-state index is 2.49. The van der Waals surface area contributed by atoms with Crippen LogP contribution in [0.25, 0.3) is 0 Å². The maximum atomic E-state index is 2.49. The summed E-state index contributed by atoms with van der Waals surface area (Å²) >= 11 is 0. The molecule has 0 N–H and O–H groups in total. The van der Waals surface area contributed by atoms with Crippen LogP contribution in [0.3, 0.4) is 0 Å². The SMILES string of the molecule is CC(C)(C)C12CC3CC(CC(C3)C1)C2.CC(C)(C)C1C2CCCC1CCC2.CC(C)(C)C1CC2CCC1C2.CC(C)(C)C1CC2CCC1CC2.CC(C)(C)C1CCC2CCC1C2.CC(C)(C)C1CCC2CCC1CC2.CC(C)(C)C1CCC2CCCC1CC2.CC(C)(C)C1C[C@H]2CCCC[C@@H](C1)C2. The quantitative estimate of drug-likeness (QED) is 0.227. The first-order chi connectivity index (χ1) is 48.0. The van der Waals surface area contributed by atoms with E-state index in [1.165, 1.54) is 238 Å². The Kier molecular flexibility index (Phi) is 29.2. The van der Waals surface area contributed by atoms with Gasteiger partial charge in [0.2, 0.25) is 0 Å². The summed E-state index contributed by atoms with van der Waals surface area (Å²) in [6, 6.07) is 0. The average molecular weight is 1430 g/mol. The van der Waals surface area contributed by atoms with Gasteiger partial charge in [-0.05, 0) is 338 Å². The smallest absolute Gasteiger partial charge is 0.0241 e. The zero-order valence-electron chi connectivity index (χ0n) is 74.9. The molecule has 14 atom stereocenters. The van der Waals surface area contributed by atoms with Gasteiger partial charge in [0, 0.05) is 0 Å². The fourth-order valence-electron chi connectivity index (χ4n) is 30.6. The molecule has 20 aliphatic carbocycles. The molecule has 0 nitrogen and oxygen atoms in total. The van der Waals surface area contributed by atoms with Gasteiger partial charge in [-0.15, -0.1) is 0 Å². The van der Waals surface area contributed by atoms with Crippen molar-refractivity contribution in [2.24, 2.45) is 191 Å². The van der Waals surface area contributed by atoms with Gasteiger partial charge in [-0.1, -0.05) is 314 Å². The Morgan fingerprint density at radius 2 is 0.447 bits per heavy atom. The van der Waals surface area contributed by atoms with Crippen molar-refractivity contribution in [2.45, 2.75) is 462 Å². The van der Waals surface area contributed by atoms with E-state index in [1.807, 2.05) is 0 Å². The molecule has 0 radical (unpaired) electrons. The lowest BCUT2D eigenvalue weighted by Crippen LogP contribution is -2.51. The van der Waals surface area contributed by atoms with Gasteiger partial charge < -0.3 is 0 Å². The third kappa shape index (κ3) is 23.4. The van der Waals surface area contributed by atoms with Crippen LogP contribution >= 0.6 is 0 Å². The number of hydrogen-bond donors (Lipinski definition) is 0. The summed E-state index contributed by atoms with van der Waals surface area (Å²) in [4.78, 5) is 0. The van der Waals surface area contributed by atoms with E-state index < -0.39 is 0 Å². The number of fused-ring (bicyclic) bond motifs is 18. The maximum Gasteiger partial charge on any atom is -0.0241 e.